The van der Waals surface area contributed by atoms with E-state index in [-0.39, 0.29) is 17.2 Å². The molecule has 0 bridgehead atoms. The minimum Gasteiger partial charge on any atom is -0.490 e. The van der Waals surface area contributed by atoms with Gasteiger partial charge in [0, 0.05) is 16.5 Å². The van der Waals surface area contributed by atoms with E-state index in [4.69, 9.17) is 21.1 Å². The minimum absolute atomic E-state index is 0.244. The highest BCUT2D eigenvalue weighted by Crippen LogP contribution is 2.33. The number of H-pyrrole nitrogens is 1. The number of rotatable bonds is 8. The van der Waals surface area contributed by atoms with Crippen LogP contribution >= 0.6 is 11.6 Å². The summed E-state index contributed by atoms with van der Waals surface area (Å²) in [6, 6.07) is 27.4. The number of carbonyl (C=O) groups is 2. The number of aryl methyl sites for hydroxylation is 1. The summed E-state index contributed by atoms with van der Waals surface area (Å²) in [5.74, 6) is -0.369. The van der Waals surface area contributed by atoms with Gasteiger partial charge in [-0.15, -0.1) is 0 Å². The van der Waals surface area contributed by atoms with Crippen LogP contribution in [0.2, 0.25) is 5.02 Å². The monoisotopic (exact) mass is 551 g/mol. The molecule has 0 saturated carbocycles. The molecule has 200 valence electrons. The number of carbonyl (C=O) groups excluding carboxylic acids is 2. The van der Waals surface area contributed by atoms with Crippen LogP contribution in [0.5, 0.6) is 11.5 Å². The molecule has 5 rings (SSSR count). The Morgan fingerprint density at radius 1 is 0.950 bits per heavy atom. The van der Waals surface area contributed by atoms with E-state index in [1.54, 1.807) is 42.5 Å². The number of aromatic amines is 1. The van der Waals surface area contributed by atoms with Crippen LogP contribution < -0.4 is 14.9 Å². The Hall–Kier alpha value is -4.88. The van der Waals surface area contributed by atoms with Gasteiger partial charge in [-0.3, -0.25) is 4.79 Å². The van der Waals surface area contributed by atoms with E-state index in [0.29, 0.717) is 28.6 Å². The first kappa shape index (κ1) is 26.7. The molecule has 8 heteroatoms. The molecule has 0 saturated heterocycles. The van der Waals surface area contributed by atoms with Gasteiger partial charge < -0.3 is 14.5 Å². The highest BCUT2D eigenvalue weighted by atomic mass is 35.5. The Balaban J connectivity index is 1.36. The lowest BCUT2D eigenvalue weighted by atomic mass is 10.0. The second-order valence-electron chi connectivity index (χ2n) is 9.00. The van der Waals surface area contributed by atoms with Crippen LogP contribution in [0, 0.1) is 6.92 Å². The van der Waals surface area contributed by atoms with Crippen molar-refractivity contribution in [2.75, 3.05) is 6.61 Å². The van der Waals surface area contributed by atoms with Crippen molar-refractivity contribution < 1.29 is 19.1 Å². The Bertz CT molecular complexity index is 1730. The van der Waals surface area contributed by atoms with E-state index in [2.05, 4.69) is 21.6 Å². The number of aromatic nitrogens is 1. The third kappa shape index (κ3) is 5.75. The SMILES string of the molecule is CCOc1cc(C=NNC(=O)c2[nH]c3ccc(C)cc3c2-c2ccccc2)ccc1OC(=O)c1ccccc1Cl. The first-order chi connectivity index (χ1) is 19.4. The number of fused-ring (bicyclic) bond motifs is 1. The predicted octanol–water partition coefficient (Wildman–Crippen LogP) is 7.18. The summed E-state index contributed by atoms with van der Waals surface area (Å²) in [5.41, 5.74) is 7.63. The van der Waals surface area contributed by atoms with Gasteiger partial charge >= 0.3 is 5.97 Å². The number of ether oxygens (including phenoxy) is 2. The Kier molecular flexibility index (Phi) is 7.94. The molecule has 0 radical (unpaired) electrons. The molecule has 0 atom stereocenters. The fourth-order valence-corrected chi connectivity index (χ4v) is 4.55. The van der Waals surface area contributed by atoms with Crippen LogP contribution in [0.1, 0.15) is 38.9 Å². The van der Waals surface area contributed by atoms with Gasteiger partial charge in [-0.1, -0.05) is 65.7 Å². The van der Waals surface area contributed by atoms with Gasteiger partial charge in [0.15, 0.2) is 11.5 Å². The van der Waals surface area contributed by atoms with Crippen LogP contribution in [0.25, 0.3) is 22.0 Å². The molecule has 4 aromatic carbocycles. The number of nitrogens with zero attached hydrogens (tertiary/aromatic N) is 1. The van der Waals surface area contributed by atoms with Gasteiger partial charge in [-0.2, -0.15) is 5.10 Å². The zero-order valence-corrected chi connectivity index (χ0v) is 22.7. The molecule has 0 aliphatic rings. The third-order valence-electron chi connectivity index (χ3n) is 6.19. The molecule has 0 fully saturated rings. The zero-order chi connectivity index (χ0) is 28.1. The quantitative estimate of drug-likeness (QED) is 0.0924. The predicted molar refractivity (Wildman–Crippen MR) is 158 cm³/mol. The van der Waals surface area contributed by atoms with Crippen LogP contribution in [0.3, 0.4) is 0 Å². The van der Waals surface area contributed by atoms with Crippen molar-refractivity contribution in [3.8, 4) is 22.6 Å². The summed E-state index contributed by atoms with van der Waals surface area (Å²) in [4.78, 5) is 29.1. The van der Waals surface area contributed by atoms with Gasteiger partial charge in [0.1, 0.15) is 5.69 Å². The number of amides is 1. The number of halogens is 1. The number of esters is 1. The summed E-state index contributed by atoms with van der Waals surface area (Å²) < 4.78 is 11.2. The number of benzene rings is 4. The van der Waals surface area contributed by atoms with Gasteiger partial charge in [-0.05, 0) is 67.4 Å². The Morgan fingerprint density at radius 3 is 2.50 bits per heavy atom. The highest BCUT2D eigenvalue weighted by molar-refractivity contribution is 6.33. The number of hydrogen-bond acceptors (Lipinski definition) is 5. The number of hydrogen-bond donors (Lipinski definition) is 2. The molecule has 0 aliphatic heterocycles. The smallest absolute Gasteiger partial charge is 0.345 e. The molecular formula is C32H26ClN3O4. The summed E-state index contributed by atoms with van der Waals surface area (Å²) in [6.45, 7) is 4.20. The van der Waals surface area contributed by atoms with Crippen LogP contribution in [-0.4, -0.2) is 29.7 Å². The van der Waals surface area contributed by atoms with Gasteiger partial charge in [-0.25, -0.2) is 10.2 Å². The maximum atomic E-state index is 13.2. The van der Waals surface area contributed by atoms with E-state index < -0.39 is 5.97 Å². The van der Waals surface area contributed by atoms with E-state index in [1.807, 2.05) is 56.3 Å². The van der Waals surface area contributed by atoms with Crippen molar-refractivity contribution >= 4 is 40.6 Å². The second kappa shape index (κ2) is 11.9. The summed E-state index contributed by atoms with van der Waals surface area (Å²) >= 11 is 6.13. The lowest BCUT2D eigenvalue weighted by Gasteiger charge is -2.12. The van der Waals surface area contributed by atoms with Crippen LogP contribution in [0.4, 0.5) is 0 Å². The average Bonchev–Trinajstić information content (AvgIpc) is 3.34. The Labute approximate surface area is 236 Å². The largest absolute Gasteiger partial charge is 0.490 e. The van der Waals surface area contributed by atoms with Gasteiger partial charge in [0.25, 0.3) is 5.91 Å². The van der Waals surface area contributed by atoms with E-state index >= 15 is 0 Å². The van der Waals surface area contributed by atoms with Crippen LogP contribution in [-0.2, 0) is 0 Å². The van der Waals surface area contributed by atoms with Gasteiger partial charge in [0.05, 0.1) is 23.4 Å². The Morgan fingerprint density at radius 2 is 1.73 bits per heavy atom. The second-order valence-corrected chi connectivity index (χ2v) is 9.40. The molecule has 5 aromatic rings. The first-order valence-corrected chi connectivity index (χ1v) is 13.1. The molecule has 40 heavy (non-hydrogen) atoms. The average molecular weight is 552 g/mol. The lowest BCUT2D eigenvalue weighted by molar-refractivity contribution is 0.0728. The van der Waals surface area contributed by atoms with Crippen molar-refractivity contribution in [1.82, 2.24) is 10.4 Å². The normalized spacial score (nSPS) is 11.1. The first-order valence-electron chi connectivity index (χ1n) is 12.7. The highest BCUT2D eigenvalue weighted by Gasteiger charge is 2.19. The molecule has 2 N–H and O–H groups in total. The summed E-state index contributed by atoms with van der Waals surface area (Å²) in [7, 11) is 0. The van der Waals surface area contributed by atoms with Crippen molar-refractivity contribution in [1.29, 1.82) is 0 Å². The maximum Gasteiger partial charge on any atom is 0.345 e. The molecule has 1 heterocycles. The van der Waals surface area contributed by atoms with Crippen molar-refractivity contribution in [3.63, 3.8) is 0 Å². The molecule has 0 aliphatic carbocycles. The fraction of sp³-hybridized carbons (Fsp3) is 0.0938. The molecule has 0 unspecified atom stereocenters. The van der Waals surface area contributed by atoms with Crippen LogP contribution in [0.15, 0.2) is 96.1 Å². The van der Waals surface area contributed by atoms with Crippen molar-refractivity contribution in [3.05, 3.63) is 118 Å². The van der Waals surface area contributed by atoms with Crippen molar-refractivity contribution in [2.45, 2.75) is 13.8 Å². The standard InChI is InChI=1S/C32H26ClN3O4/c1-3-39-28-18-21(14-16-27(28)40-32(38)23-11-7-8-12-25(23)33)19-34-36-31(37)30-29(22-9-5-4-6-10-22)24-17-20(2)13-15-26(24)35-30/h4-19,35H,3H2,1-2H3,(H,36,37). The summed E-state index contributed by atoms with van der Waals surface area (Å²) in [6.07, 6.45) is 1.50. The summed E-state index contributed by atoms with van der Waals surface area (Å²) in [5, 5.41) is 5.42. The van der Waals surface area contributed by atoms with Crippen molar-refractivity contribution in [2.24, 2.45) is 5.10 Å². The number of nitrogens with one attached hydrogen (secondary N) is 2. The topological polar surface area (TPSA) is 92.8 Å². The minimum atomic E-state index is -0.594. The molecule has 1 amide bonds. The molecule has 7 nitrogen and oxygen atoms in total. The molecule has 1 aromatic heterocycles. The van der Waals surface area contributed by atoms with Gasteiger partial charge in [0.2, 0.25) is 0 Å². The lowest BCUT2D eigenvalue weighted by Crippen LogP contribution is -2.18. The maximum absolute atomic E-state index is 13.2. The molecule has 0 spiro atoms. The van der Waals surface area contributed by atoms with E-state index in [0.717, 1.165) is 27.6 Å². The fourth-order valence-electron chi connectivity index (χ4n) is 4.34. The third-order valence-corrected chi connectivity index (χ3v) is 6.52. The molecular weight excluding hydrogens is 526 g/mol. The zero-order valence-electron chi connectivity index (χ0n) is 21.9. The number of hydrazone groups is 1. The van der Waals surface area contributed by atoms with E-state index in [9.17, 15) is 9.59 Å². The van der Waals surface area contributed by atoms with E-state index in [1.165, 1.54) is 6.21 Å².